The second kappa shape index (κ2) is 7.20. The Labute approximate surface area is 161 Å². The molecular weight excluding hydrogens is 360 g/mol. The number of aryl methyl sites for hydroxylation is 2. The highest BCUT2D eigenvalue weighted by atomic mass is 16.5. The van der Waals surface area contributed by atoms with Gasteiger partial charge in [0.25, 0.3) is 0 Å². The van der Waals surface area contributed by atoms with Crippen molar-refractivity contribution in [1.82, 2.24) is 19.5 Å². The van der Waals surface area contributed by atoms with Gasteiger partial charge in [-0.15, -0.1) is 0 Å². The summed E-state index contributed by atoms with van der Waals surface area (Å²) in [5.74, 6) is -1.22. The molecule has 0 aliphatic carbocycles. The molecule has 3 heterocycles. The lowest BCUT2D eigenvalue weighted by Crippen LogP contribution is -2.52. The minimum Gasteiger partial charge on any atom is -0.480 e. The zero-order valence-electron chi connectivity index (χ0n) is 15.9. The number of aliphatic carboxylic acids is 1. The highest BCUT2D eigenvalue weighted by molar-refractivity contribution is 5.92. The molecule has 1 amide bonds. The maximum absolute atomic E-state index is 12.7. The molecule has 28 heavy (non-hydrogen) atoms. The first kappa shape index (κ1) is 18.4. The molecule has 1 saturated heterocycles. The molecule has 1 unspecified atom stereocenters. The molecule has 1 N–H and O–H groups in total. The number of benzene rings is 1. The fourth-order valence-electron chi connectivity index (χ4n) is 3.82. The van der Waals surface area contributed by atoms with Crippen molar-refractivity contribution >= 4 is 28.4 Å². The second-order valence-electron chi connectivity index (χ2n) is 7.03. The molecule has 4 rings (SSSR count). The minimum absolute atomic E-state index is 0.0342. The number of carboxylic acid groups (broad SMARTS) is 1. The Morgan fingerprint density at radius 1 is 1.29 bits per heavy atom. The summed E-state index contributed by atoms with van der Waals surface area (Å²) in [6.07, 6.45) is 0.707. The van der Waals surface area contributed by atoms with E-state index < -0.39 is 12.0 Å². The summed E-state index contributed by atoms with van der Waals surface area (Å²) in [5, 5.41) is 15.0. The summed E-state index contributed by atoms with van der Waals surface area (Å²) in [7, 11) is 0. The first-order valence-electron chi connectivity index (χ1n) is 9.31. The quantitative estimate of drug-likeness (QED) is 0.738. The van der Waals surface area contributed by atoms with E-state index in [9.17, 15) is 14.7 Å². The predicted octanol–water partition coefficient (Wildman–Crippen LogP) is 1.74. The van der Waals surface area contributed by atoms with Crippen LogP contribution in [0.3, 0.4) is 0 Å². The van der Waals surface area contributed by atoms with Crippen LogP contribution in [0.4, 0.5) is 0 Å². The topological polar surface area (TPSA) is 97.0 Å². The SMILES string of the molecule is Cc1nc2c3ccccc3nn2c(C)c1CCC(=O)N1CCOCC1C(=O)O. The fourth-order valence-corrected chi connectivity index (χ4v) is 3.82. The Bertz CT molecular complexity index is 1070. The predicted molar refractivity (Wildman–Crippen MR) is 102 cm³/mol. The standard InChI is InChI=1S/C20H22N4O4/c1-12-14(7-8-18(25)23-9-10-28-11-17(23)20(26)27)13(2)24-19(21-12)15-5-3-4-6-16(15)22-24/h3-6,17H,7-11H2,1-2H3,(H,26,27). The van der Waals surface area contributed by atoms with E-state index in [0.29, 0.717) is 19.6 Å². The van der Waals surface area contributed by atoms with E-state index in [1.54, 1.807) is 0 Å². The van der Waals surface area contributed by atoms with Crippen molar-refractivity contribution in [2.45, 2.75) is 32.7 Å². The van der Waals surface area contributed by atoms with Gasteiger partial charge in [-0.25, -0.2) is 14.3 Å². The van der Waals surface area contributed by atoms with Crippen molar-refractivity contribution in [3.05, 3.63) is 41.2 Å². The summed E-state index contributed by atoms with van der Waals surface area (Å²) in [6.45, 7) is 4.61. The van der Waals surface area contributed by atoms with Gasteiger partial charge in [-0.1, -0.05) is 12.1 Å². The number of nitrogens with zero attached hydrogens (tertiary/aromatic N) is 4. The molecule has 146 valence electrons. The van der Waals surface area contributed by atoms with E-state index in [1.807, 2.05) is 42.6 Å². The van der Waals surface area contributed by atoms with E-state index >= 15 is 0 Å². The van der Waals surface area contributed by atoms with Crippen LogP contribution in [0.25, 0.3) is 16.6 Å². The summed E-state index contributed by atoms with van der Waals surface area (Å²) < 4.78 is 7.03. The Morgan fingerprint density at radius 2 is 2.07 bits per heavy atom. The molecular formula is C20H22N4O4. The number of hydrogen-bond donors (Lipinski definition) is 1. The van der Waals surface area contributed by atoms with Gasteiger partial charge in [0.05, 0.1) is 18.7 Å². The summed E-state index contributed by atoms with van der Waals surface area (Å²) in [5.41, 5.74) is 4.46. The van der Waals surface area contributed by atoms with Gasteiger partial charge in [0.1, 0.15) is 0 Å². The molecule has 1 aromatic carbocycles. The minimum atomic E-state index is -1.04. The molecule has 8 heteroatoms. The lowest BCUT2D eigenvalue weighted by atomic mass is 10.1. The number of amides is 1. The summed E-state index contributed by atoms with van der Waals surface area (Å²) in [6, 6.07) is 6.94. The Hall–Kier alpha value is -3.00. The smallest absolute Gasteiger partial charge is 0.328 e. The van der Waals surface area contributed by atoms with Crippen LogP contribution < -0.4 is 0 Å². The van der Waals surface area contributed by atoms with Gasteiger partial charge in [0.15, 0.2) is 11.7 Å². The highest BCUT2D eigenvalue weighted by Crippen LogP contribution is 2.23. The van der Waals surface area contributed by atoms with Gasteiger partial charge in [-0.05, 0) is 38.0 Å². The number of carbonyl (C=O) groups is 2. The Balaban J connectivity index is 1.60. The molecule has 0 saturated carbocycles. The molecule has 1 aliphatic rings. The van der Waals surface area contributed by atoms with E-state index in [1.165, 1.54) is 4.90 Å². The molecule has 0 radical (unpaired) electrons. The van der Waals surface area contributed by atoms with Gasteiger partial charge in [0.2, 0.25) is 5.91 Å². The lowest BCUT2D eigenvalue weighted by molar-refractivity contribution is -0.158. The number of rotatable bonds is 4. The van der Waals surface area contributed by atoms with Crippen molar-refractivity contribution in [3.8, 4) is 0 Å². The maximum atomic E-state index is 12.7. The number of aromatic nitrogens is 3. The monoisotopic (exact) mass is 382 g/mol. The van der Waals surface area contributed by atoms with Crippen LogP contribution >= 0.6 is 0 Å². The van der Waals surface area contributed by atoms with E-state index in [-0.39, 0.29) is 18.9 Å². The first-order chi connectivity index (χ1) is 13.5. The van der Waals surface area contributed by atoms with Crippen molar-refractivity contribution in [1.29, 1.82) is 0 Å². The average Bonchev–Trinajstić information content (AvgIpc) is 3.06. The zero-order chi connectivity index (χ0) is 19.8. The molecule has 2 aromatic heterocycles. The van der Waals surface area contributed by atoms with Crippen LogP contribution in [0.5, 0.6) is 0 Å². The van der Waals surface area contributed by atoms with Crippen LogP contribution in [0.1, 0.15) is 23.4 Å². The van der Waals surface area contributed by atoms with Gasteiger partial charge in [-0.2, -0.15) is 5.10 Å². The number of fused-ring (bicyclic) bond motifs is 3. The van der Waals surface area contributed by atoms with Gasteiger partial charge in [0, 0.05) is 29.7 Å². The number of morpholine rings is 1. The summed E-state index contributed by atoms with van der Waals surface area (Å²) in [4.78, 5) is 30.2. The first-order valence-corrected chi connectivity index (χ1v) is 9.31. The number of carboxylic acids is 1. The summed E-state index contributed by atoms with van der Waals surface area (Å²) >= 11 is 0. The van der Waals surface area contributed by atoms with Gasteiger partial charge in [-0.3, -0.25) is 4.79 Å². The molecule has 0 spiro atoms. The fraction of sp³-hybridized carbons (Fsp3) is 0.400. The molecule has 1 fully saturated rings. The maximum Gasteiger partial charge on any atom is 0.328 e. The normalized spacial score (nSPS) is 17.4. The molecule has 0 bridgehead atoms. The molecule has 3 aromatic rings. The van der Waals surface area contributed by atoms with Crippen LogP contribution in [-0.2, 0) is 20.7 Å². The van der Waals surface area contributed by atoms with Crippen molar-refractivity contribution < 1.29 is 19.4 Å². The average molecular weight is 382 g/mol. The Kier molecular flexibility index (Phi) is 4.72. The molecule has 8 nitrogen and oxygen atoms in total. The van der Waals surface area contributed by atoms with E-state index in [0.717, 1.165) is 33.5 Å². The van der Waals surface area contributed by atoms with Crippen LogP contribution in [-0.4, -0.2) is 62.3 Å². The van der Waals surface area contributed by atoms with Crippen molar-refractivity contribution in [2.24, 2.45) is 0 Å². The highest BCUT2D eigenvalue weighted by Gasteiger charge is 2.32. The van der Waals surface area contributed by atoms with Crippen molar-refractivity contribution in [2.75, 3.05) is 19.8 Å². The second-order valence-corrected chi connectivity index (χ2v) is 7.03. The van der Waals surface area contributed by atoms with Crippen molar-refractivity contribution in [3.63, 3.8) is 0 Å². The number of carbonyl (C=O) groups excluding carboxylic acids is 1. The third-order valence-corrected chi connectivity index (χ3v) is 5.34. The molecule has 1 aliphatic heterocycles. The number of hydrogen-bond acceptors (Lipinski definition) is 5. The third-order valence-electron chi connectivity index (χ3n) is 5.34. The zero-order valence-corrected chi connectivity index (χ0v) is 15.9. The third kappa shape index (κ3) is 3.09. The van der Waals surface area contributed by atoms with E-state index in [4.69, 9.17) is 9.72 Å². The number of ether oxygens (including phenoxy) is 1. The largest absolute Gasteiger partial charge is 0.480 e. The van der Waals surface area contributed by atoms with Gasteiger partial charge < -0.3 is 14.7 Å². The van der Waals surface area contributed by atoms with Crippen LogP contribution in [0.2, 0.25) is 0 Å². The molecule has 1 atom stereocenters. The Morgan fingerprint density at radius 3 is 2.86 bits per heavy atom. The van der Waals surface area contributed by atoms with E-state index in [2.05, 4.69) is 5.10 Å². The van der Waals surface area contributed by atoms with Crippen LogP contribution in [0.15, 0.2) is 24.3 Å². The van der Waals surface area contributed by atoms with Gasteiger partial charge >= 0.3 is 5.97 Å². The lowest BCUT2D eigenvalue weighted by Gasteiger charge is -2.33. The van der Waals surface area contributed by atoms with Crippen LogP contribution in [0, 0.1) is 13.8 Å².